The summed E-state index contributed by atoms with van der Waals surface area (Å²) >= 11 is 0. The molecule has 1 unspecified atom stereocenters. The molecule has 3 aromatic heterocycles. The summed E-state index contributed by atoms with van der Waals surface area (Å²) in [6.45, 7) is 2.07. The van der Waals surface area contributed by atoms with Gasteiger partial charge in [-0.25, -0.2) is 22.8 Å². The van der Waals surface area contributed by atoms with Crippen LogP contribution in [0, 0.1) is 17.2 Å². The molecule has 2 aliphatic heterocycles. The van der Waals surface area contributed by atoms with Crippen molar-refractivity contribution in [3.63, 3.8) is 0 Å². The summed E-state index contributed by atoms with van der Waals surface area (Å²) in [6, 6.07) is 6.09. The van der Waals surface area contributed by atoms with Crippen molar-refractivity contribution >= 4 is 17.5 Å². The fraction of sp³-hybridized carbons (Fsp3) is 0.407. The lowest BCUT2D eigenvalue weighted by atomic mass is 9.61. The Morgan fingerprint density at radius 1 is 1.12 bits per heavy atom. The minimum atomic E-state index is -2.58. The highest BCUT2D eigenvalue weighted by atomic mass is 19.3. The van der Waals surface area contributed by atoms with Crippen LogP contribution in [0.4, 0.5) is 35.0 Å². The molecule has 1 aliphatic carbocycles. The van der Waals surface area contributed by atoms with E-state index in [-0.39, 0.29) is 35.5 Å². The van der Waals surface area contributed by atoms with Crippen LogP contribution in [0.5, 0.6) is 5.75 Å². The second-order valence-corrected chi connectivity index (χ2v) is 11.0. The van der Waals surface area contributed by atoms with E-state index in [1.807, 2.05) is 4.90 Å². The van der Waals surface area contributed by atoms with Crippen LogP contribution < -0.4 is 15.0 Å². The predicted octanol–water partition coefficient (Wildman–Crippen LogP) is 4.69. The number of aromatic nitrogens is 6. The minimum absolute atomic E-state index is 0.0344. The van der Waals surface area contributed by atoms with Gasteiger partial charge in [0.2, 0.25) is 17.8 Å². The Morgan fingerprint density at radius 3 is 2.63 bits per heavy atom. The monoisotopic (exact) mass is 570 g/mol. The Morgan fingerprint density at radius 2 is 1.95 bits per heavy atom. The zero-order chi connectivity index (χ0) is 28.4. The number of halogens is 4. The van der Waals surface area contributed by atoms with Crippen LogP contribution in [-0.4, -0.2) is 68.3 Å². The summed E-state index contributed by atoms with van der Waals surface area (Å²) < 4.78 is 68.9. The normalized spacial score (nSPS) is 20.6. The lowest BCUT2D eigenvalue weighted by Gasteiger charge is -2.59. The average molecular weight is 571 g/mol. The highest BCUT2D eigenvalue weighted by Crippen LogP contribution is 2.58. The van der Waals surface area contributed by atoms with Gasteiger partial charge < -0.3 is 19.7 Å². The van der Waals surface area contributed by atoms with Gasteiger partial charge in [0.1, 0.15) is 11.9 Å². The number of nitrogens with zero attached hydrogens (tertiary/aromatic N) is 6. The fourth-order valence-electron chi connectivity index (χ4n) is 5.87. The van der Waals surface area contributed by atoms with Crippen molar-refractivity contribution in [1.82, 2.24) is 29.9 Å². The van der Waals surface area contributed by atoms with Gasteiger partial charge in [0, 0.05) is 67.8 Å². The van der Waals surface area contributed by atoms with Gasteiger partial charge >= 0.3 is 0 Å². The number of pyridine rings is 1. The molecule has 0 bridgehead atoms. The average Bonchev–Trinajstić information content (AvgIpc) is 3.64. The Bertz CT molecular complexity index is 1600. The molecule has 1 saturated carbocycles. The van der Waals surface area contributed by atoms with E-state index in [0.29, 0.717) is 60.9 Å². The molecule has 3 aliphatic rings. The predicted molar refractivity (Wildman–Crippen MR) is 140 cm³/mol. The van der Waals surface area contributed by atoms with Gasteiger partial charge in [-0.3, -0.25) is 5.10 Å². The highest BCUT2D eigenvalue weighted by Gasteiger charge is 2.62. The fourth-order valence-corrected chi connectivity index (χ4v) is 5.87. The topological polar surface area (TPSA) is 106 Å². The molecule has 41 heavy (non-hydrogen) atoms. The maximum Gasteiger partial charge on any atom is 0.249 e. The van der Waals surface area contributed by atoms with E-state index in [2.05, 4.69) is 30.6 Å². The third-order valence-corrected chi connectivity index (χ3v) is 7.76. The van der Waals surface area contributed by atoms with E-state index in [9.17, 15) is 17.6 Å². The molecule has 10 nitrogen and oxygen atoms in total. The highest BCUT2D eigenvalue weighted by molar-refractivity contribution is 5.69. The van der Waals surface area contributed by atoms with Crippen LogP contribution >= 0.6 is 0 Å². The molecule has 0 radical (unpaired) electrons. The maximum atomic E-state index is 14.8. The molecule has 14 heteroatoms. The van der Waals surface area contributed by atoms with E-state index < -0.39 is 17.7 Å². The van der Waals surface area contributed by atoms with Crippen LogP contribution in [0.15, 0.2) is 36.7 Å². The number of aryl methyl sites for hydroxylation is 1. The van der Waals surface area contributed by atoms with Gasteiger partial charge in [-0.05, 0) is 24.3 Å². The molecule has 7 rings (SSSR count). The summed E-state index contributed by atoms with van der Waals surface area (Å²) in [4.78, 5) is 11.2. The van der Waals surface area contributed by atoms with E-state index in [4.69, 9.17) is 9.47 Å². The summed E-state index contributed by atoms with van der Waals surface area (Å²) in [5.74, 6) is -2.11. The Labute approximate surface area is 231 Å². The third-order valence-electron chi connectivity index (χ3n) is 7.76. The Kier molecular flexibility index (Phi) is 5.92. The number of anilines is 3. The van der Waals surface area contributed by atoms with Crippen molar-refractivity contribution < 1.29 is 27.0 Å². The molecule has 1 spiro atoms. The number of aromatic amines is 1. The van der Waals surface area contributed by atoms with Gasteiger partial charge in [-0.15, -0.1) is 5.10 Å². The first-order valence-electron chi connectivity index (χ1n) is 13.2. The number of alkyl halides is 2. The molecule has 2 N–H and O–H groups in total. The van der Waals surface area contributed by atoms with Crippen molar-refractivity contribution in [2.45, 2.75) is 31.3 Å². The van der Waals surface area contributed by atoms with Crippen molar-refractivity contribution in [1.29, 1.82) is 0 Å². The molecular formula is C27H26F4N8O2. The second-order valence-electron chi connectivity index (χ2n) is 11.0. The van der Waals surface area contributed by atoms with Crippen LogP contribution in [0.3, 0.4) is 0 Å². The molecule has 0 amide bonds. The van der Waals surface area contributed by atoms with Crippen LogP contribution in [0.2, 0.25) is 0 Å². The smallest absolute Gasteiger partial charge is 0.249 e. The molecule has 5 heterocycles. The first kappa shape index (κ1) is 25.7. The molecule has 4 aromatic rings. The van der Waals surface area contributed by atoms with E-state index in [0.717, 1.165) is 6.42 Å². The van der Waals surface area contributed by atoms with Crippen LogP contribution in [-0.2, 0) is 11.8 Å². The number of rotatable bonds is 7. The van der Waals surface area contributed by atoms with E-state index in [1.165, 1.54) is 23.0 Å². The maximum absolute atomic E-state index is 14.8. The van der Waals surface area contributed by atoms with E-state index in [1.54, 1.807) is 25.4 Å². The minimum Gasteiger partial charge on any atom is -0.484 e. The van der Waals surface area contributed by atoms with Crippen molar-refractivity contribution in [3.05, 3.63) is 48.4 Å². The summed E-state index contributed by atoms with van der Waals surface area (Å²) in [6.07, 6.45) is 3.25. The van der Waals surface area contributed by atoms with Crippen molar-refractivity contribution in [2.75, 3.05) is 36.5 Å². The van der Waals surface area contributed by atoms with Crippen LogP contribution in [0.1, 0.15) is 19.3 Å². The number of hydrogen-bond acceptors (Lipinski definition) is 8. The SMILES string of the molecule is Cn1nc(-c2cnc(N3CC4(C3)CC(F)(F)C4)c(OC3CCOC3)c2)nc1Nc1ccc(-c2cn[nH]c2F)c(F)c1. The van der Waals surface area contributed by atoms with Gasteiger partial charge in [-0.2, -0.15) is 14.5 Å². The lowest BCUT2D eigenvalue weighted by molar-refractivity contribution is -0.170. The number of nitrogens with one attached hydrogen (secondary N) is 2. The summed E-state index contributed by atoms with van der Waals surface area (Å²) in [7, 11) is 1.69. The molecule has 1 atom stereocenters. The lowest BCUT2D eigenvalue weighted by Crippen LogP contribution is -2.66. The van der Waals surface area contributed by atoms with Gasteiger partial charge in [0.15, 0.2) is 17.4 Å². The Balaban J connectivity index is 1.12. The van der Waals surface area contributed by atoms with Crippen molar-refractivity contribution in [3.8, 4) is 28.3 Å². The number of ether oxygens (including phenoxy) is 2. The standard InChI is InChI=1S/C27H26F4N8O2/c1-38-25(34-16-2-3-18(20(28)7-16)19-9-33-36-22(19)29)35-23(37-38)15-6-21(41-17-4-5-40-10-17)24(32-8-15)39-13-26(14-39)11-27(30,31)12-26/h2-3,6-9,17H,4-5,10-14H2,1H3,(H,33,36)(H,34,35,37). The number of hydrogen-bond donors (Lipinski definition) is 2. The molecular weight excluding hydrogens is 544 g/mol. The zero-order valence-corrected chi connectivity index (χ0v) is 22.0. The molecule has 214 valence electrons. The van der Waals surface area contributed by atoms with Crippen molar-refractivity contribution in [2.24, 2.45) is 12.5 Å². The first-order chi connectivity index (χ1) is 19.7. The van der Waals surface area contributed by atoms with Gasteiger partial charge in [0.05, 0.1) is 25.0 Å². The second kappa shape index (κ2) is 9.43. The number of benzene rings is 1. The number of H-pyrrole nitrogens is 1. The Hall–Kier alpha value is -4.20. The van der Waals surface area contributed by atoms with E-state index >= 15 is 0 Å². The quantitative estimate of drug-likeness (QED) is 0.309. The molecule has 2 saturated heterocycles. The zero-order valence-electron chi connectivity index (χ0n) is 22.0. The van der Waals surface area contributed by atoms with Crippen LogP contribution in [0.25, 0.3) is 22.5 Å². The third kappa shape index (κ3) is 4.75. The molecule has 3 fully saturated rings. The summed E-state index contributed by atoms with van der Waals surface area (Å²) in [5, 5.41) is 13.3. The summed E-state index contributed by atoms with van der Waals surface area (Å²) in [5.41, 5.74) is 0.737. The van der Waals surface area contributed by atoms with Gasteiger partial charge in [0.25, 0.3) is 0 Å². The molecule has 1 aromatic carbocycles. The first-order valence-corrected chi connectivity index (χ1v) is 13.2. The largest absolute Gasteiger partial charge is 0.484 e. The van der Waals surface area contributed by atoms with Gasteiger partial charge in [-0.1, -0.05) is 0 Å².